The Morgan fingerprint density at radius 3 is 2.54 bits per heavy atom. The molecule has 0 aliphatic carbocycles. The molecule has 0 saturated heterocycles. The second-order valence-electron chi connectivity index (χ2n) is 6.59. The van der Waals surface area contributed by atoms with Crippen LogP contribution in [0.1, 0.15) is 34.2 Å². The van der Waals surface area contributed by atoms with E-state index in [1.165, 1.54) is 14.0 Å². The van der Waals surface area contributed by atoms with Gasteiger partial charge in [-0.2, -0.15) is 0 Å². The summed E-state index contributed by atoms with van der Waals surface area (Å²) in [7, 11) is 1.54. The number of ether oxygens (including phenoxy) is 2. The van der Waals surface area contributed by atoms with Crippen molar-refractivity contribution in [1.29, 1.82) is 0 Å². The first-order chi connectivity index (χ1) is 13.5. The second-order valence-corrected chi connectivity index (χ2v) is 6.59. The average molecular weight is 381 g/mol. The van der Waals surface area contributed by atoms with Crippen LogP contribution < -0.4 is 5.32 Å². The minimum absolute atomic E-state index is 0.0567. The summed E-state index contributed by atoms with van der Waals surface area (Å²) in [5.41, 5.74) is 3.29. The summed E-state index contributed by atoms with van der Waals surface area (Å²) in [6, 6.07) is 15.1. The molecule has 0 unspecified atom stereocenters. The molecule has 28 heavy (non-hydrogen) atoms. The Hall–Kier alpha value is -3.12. The lowest BCUT2D eigenvalue weighted by atomic mass is 10.1. The number of esters is 1. The van der Waals surface area contributed by atoms with Crippen molar-refractivity contribution in [3.8, 4) is 0 Å². The molecule has 3 rings (SSSR count). The van der Waals surface area contributed by atoms with Crippen molar-refractivity contribution in [1.82, 2.24) is 5.32 Å². The molecule has 1 aromatic heterocycles. The van der Waals surface area contributed by atoms with Gasteiger partial charge in [0.2, 0.25) is 5.76 Å². The minimum atomic E-state index is -0.957. The largest absolute Gasteiger partial charge is 0.449 e. The molecule has 0 radical (unpaired) electrons. The molecule has 1 atom stereocenters. The predicted octanol–water partition coefficient (Wildman–Crippen LogP) is 3.75. The van der Waals surface area contributed by atoms with Crippen molar-refractivity contribution in [2.24, 2.45) is 0 Å². The van der Waals surface area contributed by atoms with Crippen molar-refractivity contribution in [2.45, 2.75) is 33.1 Å². The second kappa shape index (κ2) is 8.71. The van der Waals surface area contributed by atoms with E-state index in [2.05, 4.69) is 5.32 Å². The number of benzene rings is 2. The first kappa shape index (κ1) is 19.6. The van der Waals surface area contributed by atoms with Gasteiger partial charge in [-0.3, -0.25) is 4.79 Å². The van der Waals surface area contributed by atoms with Crippen molar-refractivity contribution in [3.63, 3.8) is 0 Å². The first-order valence-electron chi connectivity index (χ1n) is 9.03. The summed E-state index contributed by atoms with van der Waals surface area (Å²) in [5, 5.41) is 3.55. The number of amides is 1. The molecule has 0 aliphatic rings. The van der Waals surface area contributed by atoms with Gasteiger partial charge >= 0.3 is 5.97 Å². The van der Waals surface area contributed by atoms with E-state index in [9.17, 15) is 9.59 Å². The van der Waals surface area contributed by atoms with Gasteiger partial charge in [0.05, 0.1) is 6.61 Å². The molecule has 3 aromatic rings. The summed E-state index contributed by atoms with van der Waals surface area (Å²) in [6.07, 6.45) is -0.957. The number of fused-ring (bicyclic) bond motifs is 1. The fraction of sp³-hybridized carbons (Fsp3) is 0.273. The molecule has 1 N–H and O–H groups in total. The maximum absolute atomic E-state index is 12.6. The number of carbonyl (C=O) groups is 2. The number of para-hydroxylation sites is 1. The van der Waals surface area contributed by atoms with Gasteiger partial charge in [0.25, 0.3) is 5.91 Å². The van der Waals surface area contributed by atoms with Crippen LogP contribution in [-0.4, -0.2) is 25.1 Å². The zero-order chi connectivity index (χ0) is 20.1. The molecule has 0 fully saturated rings. The zero-order valence-electron chi connectivity index (χ0n) is 16.2. The Bertz CT molecular complexity index is 974. The molecule has 1 heterocycles. The van der Waals surface area contributed by atoms with Crippen LogP contribution in [0.2, 0.25) is 0 Å². The van der Waals surface area contributed by atoms with E-state index in [0.29, 0.717) is 17.7 Å². The van der Waals surface area contributed by atoms with Crippen LogP contribution in [0.4, 0.5) is 0 Å². The minimum Gasteiger partial charge on any atom is -0.449 e. The highest BCUT2D eigenvalue weighted by atomic mass is 16.6. The Morgan fingerprint density at radius 1 is 1.11 bits per heavy atom. The predicted molar refractivity (Wildman–Crippen MR) is 105 cm³/mol. The highest BCUT2D eigenvalue weighted by Gasteiger charge is 2.25. The van der Waals surface area contributed by atoms with Gasteiger partial charge in [-0.25, -0.2) is 4.79 Å². The van der Waals surface area contributed by atoms with Gasteiger partial charge in [0, 0.05) is 24.6 Å². The molecule has 0 spiro atoms. The third-order valence-corrected chi connectivity index (χ3v) is 4.41. The van der Waals surface area contributed by atoms with Crippen LogP contribution >= 0.6 is 0 Å². The lowest BCUT2D eigenvalue weighted by Crippen LogP contribution is -2.35. The third kappa shape index (κ3) is 4.40. The number of aryl methyl sites for hydroxylation is 1. The van der Waals surface area contributed by atoms with Crippen molar-refractivity contribution in [2.75, 3.05) is 7.11 Å². The molecule has 0 aliphatic heterocycles. The van der Waals surface area contributed by atoms with Gasteiger partial charge in [0.1, 0.15) is 5.58 Å². The normalized spacial score (nSPS) is 12.0. The quantitative estimate of drug-likeness (QED) is 0.631. The molecule has 2 aromatic carbocycles. The maximum atomic E-state index is 12.6. The van der Waals surface area contributed by atoms with Crippen molar-refractivity contribution < 1.29 is 23.5 Å². The van der Waals surface area contributed by atoms with E-state index in [4.69, 9.17) is 13.9 Å². The van der Waals surface area contributed by atoms with Crippen LogP contribution in [0, 0.1) is 6.92 Å². The first-order valence-corrected chi connectivity index (χ1v) is 9.03. The average Bonchev–Trinajstić information content (AvgIpc) is 3.06. The Kier molecular flexibility index (Phi) is 6.11. The SMILES string of the molecule is COCc1c(C(=O)O[C@@H](C)C(=O)NCc2ccc(C)cc2)oc2ccccc12. The highest BCUT2D eigenvalue weighted by molar-refractivity contribution is 5.97. The molecule has 1 amide bonds. The molecule has 0 saturated carbocycles. The summed E-state index contributed by atoms with van der Waals surface area (Å²) in [4.78, 5) is 24.9. The van der Waals surface area contributed by atoms with E-state index in [1.807, 2.05) is 49.4 Å². The summed E-state index contributed by atoms with van der Waals surface area (Å²) < 4.78 is 16.2. The van der Waals surface area contributed by atoms with Crippen molar-refractivity contribution in [3.05, 3.63) is 71.0 Å². The smallest absolute Gasteiger partial charge is 0.375 e. The van der Waals surface area contributed by atoms with Gasteiger partial charge in [0.15, 0.2) is 6.10 Å². The molecule has 6 heteroatoms. The maximum Gasteiger partial charge on any atom is 0.375 e. The molecule has 6 nitrogen and oxygen atoms in total. The standard InChI is InChI=1S/C22H23NO5/c1-14-8-10-16(11-9-14)12-23-21(24)15(2)27-22(25)20-18(13-26-3)17-6-4-5-7-19(17)28-20/h4-11,15H,12-13H2,1-3H3,(H,23,24)/t15-/m0/s1. The molecule has 146 valence electrons. The summed E-state index contributed by atoms with van der Waals surface area (Å²) in [5.74, 6) is -1.01. The Morgan fingerprint density at radius 2 is 1.82 bits per heavy atom. The Balaban J connectivity index is 1.66. The molecular formula is C22H23NO5. The van der Waals surface area contributed by atoms with E-state index >= 15 is 0 Å². The van der Waals surface area contributed by atoms with Crippen LogP contribution in [0.25, 0.3) is 11.0 Å². The molecule has 0 bridgehead atoms. The van der Waals surface area contributed by atoms with Crippen molar-refractivity contribution >= 4 is 22.8 Å². The zero-order valence-corrected chi connectivity index (χ0v) is 16.2. The fourth-order valence-corrected chi connectivity index (χ4v) is 2.86. The topological polar surface area (TPSA) is 77.8 Å². The Labute approximate surface area is 163 Å². The van der Waals surface area contributed by atoms with Gasteiger partial charge < -0.3 is 19.2 Å². The number of hydrogen-bond acceptors (Lipinski definition) is 5. The van der Waals surface area contributed by atoms with Crippen LogP contribution in [0.15, 0.2) is 52.9 Å². The lowest BCUT2D eigenvalue weighted by Gasteiger charge is -2.13. The summed E-state index contributed by atoms with van der Waals surface area (Å²) >= 11 is 0. The van der Waals surface area contributed by atoms with E-state index in [-0.39, 0.29) is 18.3 Å². The van der Waals surface area contributed by atoms with Crippen LogP contribution in [-0.2, 0) is 27.4 Å². The molecular weight excluding hydrogens is 358 g/mol. The van der Waals surface area contributed by atoms with E-state index < -0.39 is 12.1 Å². The monoisotopic (exact) mass is 381 g/mol. The number of carbonyl (C=O) groups excluding carboxylic acids is 2. The van der Waals surface area contributed by atoms with E-state index in [1.54, 1.807) is 6.07 Å². The lowest BCUT2D eigenvalue weighted by molar-refractivity contribution is -0.129. The highest BCUT2D eigenvalue weighted by Crippen LogP contribution is 2.27. The fourth-order valence-electron chi connectivity index (χ4n) is 2.86. The van der Waals surface area contributed by atoms with Gasteiger partial charge in [-0.05, 0) is 25.5 Å². The van der Waals surface area contributed by atoms with Gasteiger partial charge in [-0.1, -0.05) is 48.0 Å². The van der Waals surface area contributed by atoms with Crippen LogP contribution in [0.5, 0.6) is 0 Å². The number of furan rings is 1. The van der Waals surface area contributed by atoms with Crippen LogP contribution in [0.3, 0.4) is 0 Å². The number of methoxy groups -OCH3 is 1. The number of hydrogen-bond donors (Lipinski definition) is 1. The summed E-state index contributed by atoms with van der Waals surface area (Å²) in [6.45, 7) is 4.09. The number of nitrogens with one attached hydrogen (secondary N) is 1. The van der Waals surface area contributed by atoms with E-state index in [0.717, 1.165) is 16.5 Å². The third-order valence-electron chi connectivity index (χ3n) is 4.41. The number of rotatable bonds is 7. The van der Waals surface area contributed by atoms with Gasteiger partial charge in [-0.15, -0.1) is 0 Å².